The molecule has 1 aromatic heterocycles. The third-order valence-electron chi connectivity index (χ3n) is 1.03. The van der Waals surface area contributed by atoms with Gasteiger partial charge in [-0.2, -0.15) is 0 Å². The first kappa shape index (κ1) is 8.09. The summed E-state index contributed by atoms with van der Waals surface area (Å²) in [6.45, 7) is 0. The van der Waals surface area contributed by atoms with Crippen molar-refractivity contribution in [2.45, 2.75) is 5.03 Å². The molecule has 0 fully saturated rings. The van der Waals surface area contributed by atoms with Crippen molar-refractivity contribution in [1.29, 1.82) is 0 Å². The number of rotatable bonds is 1. The summed E-state index contributed by atoms with van der Waals surface area (Å²) >= 11 is 0. The number of hydrogen-bond donors (Lipinski definition) is 0. The highest BCUT2D eigenvalue weighted by Gasteiger charge is 2.15. The zero-order valence-corrected chi connectivity index (χ0v) is 6.08. The quantitative estimate of drug-likeness (QED) is 0.549. The molecule has 0 unspecified atom stereocenters. The monoisotopic (exact) mass is 177 g/mol. The van der Waals surface area contributed by atoms with Gasteiger partial charge in [-0.25, -0.2) is 8.42 Å². The van der Waals surface area contributed by atoms with Crippen LogP contribution >= 0.6 is 0 Å². The van der Waals surface area contributed by atoms with Crippen LogP contribution in [0.2, 0.25) is 0 Å². The summed E-state index contributed by atoms with van der Waals surface area (Å²) in [6.07, 6.45) is 0.838. The van der Waals surface area contributed by atoms with Crippen molar-refractivity contribution in [3.8, 4) is 0 Å². The zero-order chi connectivity index (χ0) is 8.48. The normalized spacial score (nSPS) is 11.5. The van der Waals surface area contributed by atoms with E-state index in [1.54, 1.807) is 0 Å². The fourth-order valence-electron chi connectivity index (χ4n) is 0.598. The summed E-state index contributed by atoms with van der Waals surface area (Å²) in [4.78, 5) is -0.234. The van der Waals surface area contributed by atoms with Crippen LogP contribution in [0.1, 0.15) is 0 Å². The molecule has 0 aromatic carbocycles. The predicted octanol–water partition coefficient (Wildman–Crippen LogP) is -0.389. The highest BCUT2D eigenvalue weighted by atomic mass is 32.2. The van der Waals surface area contributed by atoms with Crippen molar-refractivity contribution in [3.05, 3.63) is 24.4 Å². The molecule has 1 aromatic rings. The van der Waals surface area contributed by atoms with Crippen LogP contribution in [-0.2, 0) is 10.1 Å². The molecule has 11 heavy (non-hydrogen) atoms. The predicted molar refractivity (Wildman–Crippen MR) is 31.1 cm³/mol. The van der Waals surface area contributed by atoms with Crippen LogP contribution in [-0.4, -0.2) is 13.0 Å². The number of hydrogen-bond acceptors (Lipinski definition) is 3. The Kier molecular flexibility index (Phi) is 1.88. The van der Waals surface area contributed by atoms with Crippen molar-refractivity contribution >= 4 is 10.1 Å². The van der Waals surface area contributed by atoms with Crippen LogP contribution < -0.4 is 4.79 Å². The Bertz CT molecular complexity index is 362. The van der Waals surface area contributed by atoms with Gasteiger partial charge in [0.1, 0.15) is 0 Å². The molecule has 0 amide bonds. The van der Waals surface area contributed by atoms with Crippen LogP contribution in [0, 0.1) is 0 Å². The van der Waals surface area contributed by atoms with E-state index in [1.165, 1.54) is 12.1 Å². The molecule has 0 saturated carbocycles. The van der Waals surface area contributed by atoms with Crippen molar-refractivity contribution in [3.63, 3.8) is 0 Å². The average Bonchev–Trinajstić information content (AvgIpc) is 1.86. The summed E-state index contributed by atoms with van der Waals surface area (Å²) in [5.41, 5.74) is 0. The minimum atomic E-state index is -4.70. The molecule has 0 N–H and O–H groups in total. The largest absolute Gasteiger partial charge is 0.739 e. The second kappa shape index (κ2) is 2.55. The summed E-state index contributed by atoms with van der Waals surface area (Å²) < 4.78 is 43.1. The zero-order valence-electron chi connectivity index (χ0n) is 5.27. The van der Waals surface area contributed by atoms with E-state index in [4.69, 9.17) is 0 Å². The van der Waals surface area contributed by atoms with Crippen molar-refractivity contribution in [1.82, 2.24) is 0 Å². The maximum atomic E-state index is 12.4. The first-order chi connectivity index (χ1) is 5.02. The molecule has 0 aliphatic carbocycles. The van der Waals surface area contributed by atoms with E-state index < -0.39 is 15.1 Å². The van der Waals surface area contributed by atoms with Gasteiger partial charge in [-0.3, -0.25) is 0 Å². The second-order valence-corrected chi connectivity index (χ2v) is 3.13. The van der Waals surface area contributed by atoms with Crippen molar-refractivity contribution in [2.75, 3.05) is 0 Å². The van der Waals surface area contributed by atoms with Crippen LogP contribution in [0.3, 0.4) is 0 Å². The molecule has 1 rings (SSSR count). The lowest BCUT2D eigenvalue weighted by atomic mass is 10.5. The van der Waals surface area contributed by atoms with E-state index in [0.29, 0.717) is 0 Å². The van der Waals surface area contributed by atoms with E-state index in [-0.39, 0.29) is 4.79 Å². The van der Waals surface area contributed by atoms with Gasteiger partial charge in [-0.15, -0.1) is 0 Å². The molecule has 4 nitrogen and oxygen atoms in total. The Morgan fingerprint density at radius 1 is 1.45 bits per heavy atom. The Morgan fingerprint density at radius 3 is 2.45 bits per heavy atom. The van der Waals surface area contributed by atoms with Crippen LogP contribution in [0.15, 0.2) is 29.4 Å². The Labute approximate surface area is 62.6 Å². The first-order valence-corrected chi connectivity index (χ1v) is 4.05. The number of nitrogens with zero attached hydrogens (tertiary/aromatic N) is 1. The SMILES string of the molecule is O=S(=O)([O-])c1cccc[n+]1F. The molecule has 0 bridgehead atoms. The smallest absolute Gasteiger partial charge is 0.331 e. The molecule has 1 heterocycles. The van der Waals surface area contributed by atoms with Gasteiger partial charge in [-0.05, 0) is 6.07 Å². The molecule has 0 aliphatic rings. The molecule has 0 spiro atoms. The van der Waals surface area contributed by atoms with E-state index in [0.717, 1.165) is 12.3 Å². The van der Waals surface area contributed by atoms with Gasteiger partial charge in [0.2, 0.25) is 6.20 Å². The van der Waals surface area contributed by atoms with Gasteiger partial charge >= 0.3 is 5.03 Å². The minimum Gasteiger partial charge on any atom is -0.739 e. The van der Waals surface area contributed by atoms with Gasteiger partial charge in [0.05, 0.1) is 4.48 Å². The summed E-state index contributed by atoms with van der Waals surface area (Å²) in [6, 6.07) is 3.43. The number of halogens is 1. The van der Waals surface area contributed by atoms with Crippen LogP contribution in [0.5, 0.6) is 0 Å². The van der Waals surface area contributed by atoms with Gasteiger partial charge in [-0.1, -0.05) is 0 Å². The third-order valence-corrected chi connectivity index (χ3v) is 1.86. The molecular formula is C5H4FNO3S. The van der Waals surface area contributed by atoms with Gasteiger partial charge in [0, 0.05) is 16.9 Å². The first-order valence-electron chi connectivity index (χ1n) is 2.64. The van der Waals surface area contributed by atoms with Gasteiger partial charge < -0.3 is 4.55 Å². The Morgan fingerprint density at radius 2 is 2.09 bits per heavy atom. The second-order valence-electron chi connectivity index (χ2n) is 1.80. The summed E-state index contributed by atoms with van der Waals surface area (Å²) in [7, 11) is -4.70. The molecule has 6 heteroatoms. The fourth-order valence-corrected chi connectivity index (χ4v) is 1.12. The molecule has 0 aliphatic heterocycles. The van der Waals surface area contributed by atoms with E-state index >= 15 is 0 Å². The topological polar surface area (TPSA) is 61.1 Å². The van der Waals surface area contributed by atoms with Crippen molar-refractivity contribution in [2.24, 2.45) is 0 Å². The Balaban J connectivity index is 3.37. The maximum absolute atomic E-state index is 12.4. The maximum Gasteiger partial charge on any atom is 0.331 e. The molecular weight excluding hydrogens is 173 g/mol. The standard InChI is InChI=1S/C5H4FNO3S/c6-7-4-2-1-3-5(7)11(8,9)10/h1-4H. The number of pyridine rings is 1. The molecule has 60 valence electrons. The van der Waals surface area contributed by atoms with E-state index in [1.807, 2.05) is 0 Å². The minimum absolute atomic E-state index is 0.234. The van der Waals surface area contributed by atoms with E-state index in [2.05, 4.69) is 0 Å². The Hall–Kier alpha value is -1.01. The fraction of sp³-hybridized carbons (Fsp3) is 0. The summed E-state index contributed by atoms with van der Waals surface area (Å²) in [5.74, 6) is 0. The summed E-state index contributed by atoms with van der Waals surface area (Å²) in [5, 5.41) is -0.889. The lowest BCUT2D eigenvalue weighted by molar-refractivity contribution is -0.874. The van der Waals surface area contributed by atoms with Crippen molar-refractivity contribution < 1.29 is 22.2 Å². The highest BCUT2D eigenvalue weighted by molar-refractivity contribution is 7.85. The van der Waals surface area contributed by atoms with Gasteiger partial charge in [0.25, 0.3) is 0 Å². The lowest BCUT2D eigenvalue weighted by Gasteiger charge is -1.98. The van der Waals surface area contributed by atoms with Crippen LogP contribution in [0.4, 0.5) is 4.48 Å². The average molecular weight is 177 g/mol. The van der Waals surface area contributed by atoms with E-state index in [9.17, 15) is 17.5 Å². The van der Waals surface area contributed by atoms with Crippen LogP contribution in [0.25, 0.3) is 0 Å². The van der Waals surface area contributed by atoms with Gasteiger partial charge in [0.15, 0.2) is 10.1 Å². The number of aromatic nitrogens is 1. The molecule has 0 saturated heterocycles. The lowest BCUT2D eigenvalue weighted by Crippen LogP contribution is -2.29. The highest BCUT2D eigenvalue weighted by Crippen LogP contribution is 1.99. The molecule has 0 atom stereocenters. The molecule has 0 radical (unpaired) electrons. The third kappa shape index (κ3) is 1.72.